The smallest absolute Gasteiger partial charge is 0.407 e. The molecule has 2 heterocycles. The van der Waals surface area contributed by atoms with Gasteiger partial charge in [0.2, 0.25) is 29.4 Å². The van der Waals surface area contributed by atoms with Crippen LogP contribution in [0.3, 0.4) is 0 Å². The fraction of sp³-hybridized carbons (Fsp3) is 0.649. The highest BCUT2D eigenvalue weighted by atomic mass is 16.5. The Morgan fingerprint density at radius 3 is 2.16 bits per heavy atom. The molecule has 14 nitrogen and oxygen atoms in total. The minimum Gasteiger partial charge on any atom is -0.449 e. The molecular weight excluding hydrogens is 656 g/mol. The van der Waals surface area contributed by atoms with Crippen molar-refractivity contribution < 1.29 is 38.3 Å². The number of nitrogens with two attached hydrogens (primary N) is 1. The van der Waals surface area contributed by atoms with E-state index in [0.29, 0.717) is 12.0 Å². The molecule has 0 radical (unpaired) electrons. The SMILES string of the molecule is CCCC(NC(=O)C1C2CCC(CC2)N1C(=O)C(NC(=O)OCC(C)C)C1CCCCC1)C(=O)C(=O)NCC(=O)N[C@H](C(N)=O)c1ccccc1. The maximum Gasteiger partial charge on any atom is 0.407 e. The zero-order valence-electron chi connectivity index (χ0n) is 30.0. The van der Waals surface area contributed by atoms with Crippen molar-refractivity contribution in [3.63, 3.8) is 0 Å². The minimum atomic E-state index is -1.19. The largest absolute Gasteiger partial charge is 0.449 e. The zero-order chi connectivity index (χ0) is 37.1. The molecule has 4 atom stereocenters. The molecule has 4 fully saturated rings. The van der Waals surface area contributed by atoms with Crippen LogP contribution in [0.1, 0.15) is 103 Å². The first-order valence-corrected chi connectivity index (χ1v) is 18.4. The molecule has 6 amide bonds. The second-order valence-electron chi connectivity index (χ2n) is 14.5. The van der Waals surface area contributed by atoms with E-state index in [1.54, 1.807) is 35.2 Å². The molecule has 14 heteroatoms. The Hall–Kier alpha value is -4.49. The predicted molar refractivity (Wildman–Crippen MR) is 187 cm³/mol. The van der Waals surface area contributed by atoms with Gasteiger partial charge in [-0.1, -0.05) is 76.8 Å². The van der Waals surface area contributed by atoms with Crippen LogP contribution in [0.4, 0.5) is 4.79 Å². The number of nitrogens with zero attached hydrogens (tertiary/aromatic N) is 1. The summed E-state index contributed by atoms with van der Waals surface area (Å²) in [6.07, 6.45) is 7.39. The minimum absolute atomic E-state index is 0.0942. The van der Waals surface area contributed by atoms with Crippen LogP contribution in [0, 0.1) is 17.8 Å². The normalized spacial score (nSPS) is 21.9. The summed E-state index contributed by atoms with van der Waals surface area (Å²) >= 11 is 0. The monoisotopic (exact) mass is 710 g/mol. The van der Waals surface area contributed by atoms with Crippen molar-refractivity contribution in [1.29, 1.82) is 0 Å². The standard InChI is InChI=1S/C37H54N6O8/c1-4-11-27(32(45)35(48)39-20-28(44)41-29(33(38)46)23-12-7-5-8-13-23)40-34(47)31-25-16-18-26(19-17-25)43(31)36(49)30(24-14-9-6-10-15-24)42-37(50)51-21-22(2)3/h5,7-8,12-13,22,24-27,29-31H,4,6,9-11,14-21H2,1-3H3,(H2,38,46)(H,39,48)(H,40,47)(H,41,44)(H,42,50)/t25?,26?,27?,29-,30?,31?/m0/s1. The number of rotatable bonds is 16. The zero-order valence-corrected chi connectivity index (χ0v) is 30.0. The number of fused-ring (bicyclic) bond motifs is 3. The predicted octanol–water partition coefficient (Wildman–Crippen LogP) is 2.40. The van der Waals surface area contributed by atoms with E-state index in [1.165, 1.54) is 0 Å². The molecule has 1 aromatic rings. The van der Waals surface area contributed by atoms with Crippen molar-refractivity contribution in [1.82, 2.24) is 26.2 Å². The lowest BCUT2D eigenvalue weighted by Gasteiger charge is -2.52. The number of carbonyl (C=O) groups excluding carboxylic acids is 7. The Morgan fingerprint density at radius 1 is 0.882 bits per heavy atom. The number of amides is 6. The molecule has 0 aromatic heterocycles. The lowest BCUT2D eigenvalue weighted by molar-refractivity contribution is -0.157. The quantitative estimate of drug-likeness (QED) is 0.161. The van der Waals surface area contributed by atoms with Gasteiger partial charge in [-0.25, -0.2) is 4.79 Å². The summed E-state index contributed by atoms with van der Waals surface area (Å²) in [7, 11) is 0. The summed E-state index contributed by atoms with van der Waals surface area (Å²) in [6.45, 7) is 5.27. The Labute approximate surface area is 299 Å². The molecule has 2 aliphatic carbocycles. The fourth-order valence-electron chi connectivity index (χ4n) is 7.62. The van der Waals surface area contributed by atoms with Gasteiger partial charge in [-0.3, -0.25) is 28.8 Å². The van der Waals surface area contributed by atoms with Crippen molar-refractivity contribution in [2.24, 2.45) is 23.5 Å². The molecule has 4 aliphatic rings. The first-order valence-electron chi connectivity index (χ1n) is 18.4. The van der Waals surface area contributed by atoms with Gasteiger partial charge in [0, 0.05) is 6.04 Å². The number of benzene rings is 1. The lowest BCUT2D eigenvalue weighted by atomic mass is 9.73. The third-order valence-electron chi connectivity index (χ3n) is 10.2. The third-order valence-corrected chi connectivity index (χ3v) is 10.2. The van der Waals surface area contributed by atoms with Gasteiger partial charge in [-0.15, -0.1) is 0 Å². The average molecular weight is 711 g/mol. The summed E-state index contributed by atoms with van der Waals surface area (Å²) in [4.78, 5) is 94.0. The van der Waals surface area contributed by atoms with E-state index in [2.05, 4.69) is 21.3 Å². The van der Waals surface area contributed by atoms with Gasteiger partial charge >= 0.3 is 6.09 Å². The summed E-state index contributed by atoms with van der Waals surface area (Å²) in [5.74, 6) is -4.48. The topological polar surface area (TPSA) is 206 Å². The lowest BCUT2D eigenvalue weighted by Crippen LogP contribution is -2.67. The summed E-state index contributed by atoms with van der Waals surface area (Å²) in [5, 5.41) is 10.4. The molecule has 2 bridgehead atoms. The molecule has 280 valence electrons. The third kappa shape index (κ3) is 10.5. The van der Waals surface area contributed by atoms with Gasteiger partial charge in [-0.05, 0) is 68.3 Å². The highest BCUT2D eigenvalue weighted by Crippen LogP contribution is 2.41. The van der Waals surface area contributed by atoms with E-state index >= 15 is 0 Å². The molecule has 51 heavy (non-hydrogen) atoms. The van der Waals surface area contributed by atoms with E-state index in [1.807, 2.05) is 20.8 Å². The maximum atomic E-state index is 14.5. The van der Waals surface area contributed by atoms with Gasteiger partial charge < -0.3 is 36.6 Å². The molecule has 5 rings (SSSR count). The first-order chi connectivity index (χ1) is 24.4. The second-order valence-corrected chi connectivity index (χ2v) is 14.5. The Kier molecular flexibility index (Phi) is 14.4. The Bertz CT molecular complexity index is 1410. The van der Waals surface area contributed by atoms with Crippen LogP contribution in [-0.2, 0) is 33.5 Å². The first kappa shape index (κ1) is 39.3. The van der Waals surface area contributed by atoms with Gasteiger partial charge in [0.25, 0.3) is 5.91 Å². The van der Waals surface area contributed by atoms with E-state index in [0.717, 1.165) is 57.8 Å². The number of primary amides is 1. The van der Waals surface area contributed by atoms with Crippen molar-refractivity contribution in [2.75, 3.05) is 13.2 Å². The van der Waals surface area contributed by atoms with E-state index in [9.17, 15) is 33.6 Å². The van der Waals surface area contributed by atoms with Gasteiger partial charge in [0.05, 0.1) is 19.2 Å². The van der Waals surface area contributed by atoms with E-state index < -0.39 is 66.2 Å². The maximum absolute atomic E-state index is 14.5. The van der Waals surface area contributed by atoms with Crippen LogP contribution in [0.15, 0.2) is 30.3 Å². The van der Waals surface area contributed by atoms with Gasteiger partial charge in [0.15, 0.2) is 0 Å². The molecule has 2 saturated carbocycles. The van der Waals surface area contributed by atoms with Crippen LogP contribution >= 0.6 is 0 Å². The second kappa shape index (κ2) is 18.7. The average Bonchev–Trinajstić information content (AvgIpc) is 3.14. The van der Waals surface area contributed by atoms with Crippen LogP contribution in [0.5, 0.6) is 0 Å². The van der Waals surface area contributed by atoms with Crippen molar-refractivity contribution in [3.8, 4) is 0 Å². The van der Waals surface area contributed by atoms with Crippen molar-refractivity contribution >= 4 is 41.4 Å². The molecule has 6 N–H and O–H groups in total. The molecule has 2 aliphatic heterocycles. The Balaban J connectivity index is 1.44. The van der Waals surface area contributed by atoms with E-state index in [-0.39, 0.29) is 42.7 Å². The van der Waals surface area contributed by atoms with Crippen LogP contribution in [0.2, 0.25) is 0 Å². The van der Waals surface area contributed by atoms with Crippen molar-refractivity contribution in [3.05, 3.63) is 35.9 Å². The molecule has 2 saturated heterocycles. The summed E-state index contributed by atoms with van der Waals surface area (Å²) < 4.78 is 5.39. The molecule has 3 unspecified atom stereocenters. The van der Waals surface area contributed by atoms with Crippen LogP contribution in [-0.4, -0.2) is 83.6 Å². The molecular formula is C37H54N6O8. The number of ether oxygens (including phenoxy) is 1. The van der Waals surface area contributed by atoms with Crippen LogP contribution < -0.4 is 27.0 Å². The van der Waals surface area contributed by atoms with Crippen LogP contribution in [0.25, 0.3) is 0 Å². The molecule has 0 spiro atoms. The number of hydrogen-bond acceptors (Lipinski definition) is 8. The number of carbonyl (C=O) groups is 7. The number of Topliss-reactive ketones (excluding diaryl/α,β-unsaturated/α-hetero) is 1. The molecule has 1 aromatic carbocycles. The number of nitrogens with one attached hydrogen (secondary N) is 4. The number of ketones is 1. The van der Waals surface area contributed by atoms with E-state index in [4.69, 9.17) is 10.5 Å². The van der Waals surface area contributed by atoms with Crippen molar-refractivity contribution in [2.45, 2.75) is 122 Å². The summed E-state index contributed by atoms with van der Waals surface area (Å²) in [6, 6.07) is 4.13. The highest BCUT2D eigenvalue weighted by molar-refractivity contribution is 6.38. The Morgan fingerprint density at radius 2 is 1.55 bits per heavy atom. The van der Waals surface area contributed by atoms with Gasteiger partial charge in [-0.2, -0.15) is 0 Å². The number of piperidine rings is 2. The number of hydrogen-bond donors (Lipinski definition) is 5. The highest BCUT2D eigenvalue weighted by Gasteiger charge is 2.50. The summed E-state index contributed by atoms with van der Waals surface area (Å²) in [5.41, 5.74) is 5.93. The number of alkyl carbamates (subject to hydrolysis) is 1. The van der Waals surface area contributed by atoms with Gasteiger partial charge in [0.1, 0.15) is 18.1 Å². The fourth-order valence-corrected chi connectivity index (χ4v) is 7.62.